The molecule has 0 aliphatic heterocycles. The number of carbonyl (C=O) groups excluding carboxylic acids is 1. The van der Waals surface area contributed by atoms with Gasteiger partial charge in [-0.05, 0) is 50.6 Å². The first-order chi connectivity index (χ1) is 12.2. The van der Waals surface area contributed by atoms with E-state index in [4.69, 9.17) is 9.47 Å². The third kappa shape index (κ3) is 6.50. The number of nitrogens with one attached hydrogen (secondary N) is 1. The van der Waals surface area contributed by atoms with Crippen molar-refractivity contribution in [1.82, 2.24) is 4.72 Å². The largest absolute Gasteiger partial charge is 0.489 e. The number of hydrogen-bond acceptors (Lipinski definition) is 5. The predicted molar refractivity (Wildman–Crippen MR) is 98.2 cm³/mol. The third-order valence-electron chi connectivity index (χ3n) is 3.21. The molecule has 0 radical (unpaired) electrons. The SMILES string of the molecule is CC(C)(C)OC(=O)CNS(=O)(=O)c1ccc(OCc2ccccc2)cc1. The van der Waals surface area contributed by atoms with Crippen LogP contribution >= 0.6 is 0 Å². The highest BCUT2D eigenvalue weighted by molar-refractivity contribution is 7.89. The highest BCUT2D eigenvalue weighted by Crippen LogP contribution is 2.17. The molecule has 0 aliphatic rings. The highest BCUT2D eigenvalue weighted by Gasteiger charge is 2.20. The molecule has 0 saturated carbocycles. The van der Waals surface area contributed by atoms with Crippen LogP contribution in [0, 0.1) is 0 Å². The summed E-state index contributed by atoms with van der Waals surface area (Å²) in [7, 11) is -3.80. The standard InChI is InChI=1S/C19H23NO5S/c1-19(2,3)25-18(21)13-20-26(22,23)17-11-9-16(10-12-17)24-14-15-7-5-4-6-8-15/h4-12,20H,13-14H2,1-3H3. The van der Waals surface area contributed by atoms with Gasteiger partial charge in [-0.15, -0.1) is 0 Å². The van der Waals surface area contributed by atoms with E-state index in [-0.39, 0.29) is 4.90 Å². The number of sulfonamides is 1. The number of benzene rings is 2. The Kier molecular flexibility index (Phi) is 6.39. The lowest BCUT2D eigenvalue weighted by atomic mass is 10.2. The van der Waals surface area contributed by atoms with Gasteiger partial charge in [0.15, 0.2) is 0 Å². The Balaban J connectivity index is 1.92. The molecule has 0 aromatic heterocycles. The van der Waals surface area contributed by atoms with Crippen LogP contribution in [0.1, 0.15) is 26.3 Å². The molecule has 0 amide bonds. The van der Waals surface area contributed by atoms with Gasteiger partial charge >= 0.3 is 5.97 Å². The quantitative estimate of drug-likeness (QED) is 0.751. The molecule has 1 N–H and O–H groups in total. The zero-order valence-corrected chi connectivity index (χ0v) is 15.9. The van der Waals surface area contributed by atoms with E-state index < -0.39 is 28.1 Å². The van der Waals surface area contributed by atoms with Crippen LogP contribution in [0.2, 0.25) is 0 Å². The minimum atomic E-state index is -3.80. The van der Waals surface area contributed by atoms with E-state index >= 15 is 0 Å². The van der Waals surface area contributed by atoms with Gasteiger partial charge in [0, 0.05) is 0 Å². The van der Waals surface area contributed by atoms with Gasteiger partial charge in [-0.25, -0.2) is 8.42 Å². The van der Waals surface area contributed by atoms with Crippen LogP contribution in [0.15, 0.2) is 59.5 Å². The lowest BCUT2D eigenvalue weighted by Gasteiger charge is -2.19. The van der Waals surface area contributed by atoms with E-state index in [1.54, 1.807) is 32.9 Å². The van der Waals surface area contributed by atoms with Gasteiger partial charge in [0.05, 0.1) is 4.90 Å². The van der Waals surface area contributed by atoms with E-state index in [0.717, 1.165) is 5.56 Å². The van der Waals surface area contributed by atoms with Crippen LogP contribution in [-0.4, -0.2) is 26.5 Å². The molecular weight excluding hydrogens is 354 g/mol. The second-order valence-electron chi connectivity index (χ2n) is 6.66. The predicted octanol–water partition coefficient (Wildman–Crippen LogP) is 2.89. The van der Waals surface area contributed by atoms with Crippen molar-refractivity contribution in [3.8, 4) is 5.75 Å². The van der Waals surface area contributed by atoms with Crippen LogP contribution in [-0.2, 0) is 26.2 Å². The van der Waals surface area contributed by atoms with Crippen LogP contribution < -0.4 is 9.46 Å². The van der Waals surface area contributed by atoms with Gasteiger partial charge in [-0.2, -0.15) is 4.72 Å². The van der Waals surface area contributed by atoms with Crippen molar-refractivity contribution in [1.29, 1.82) is 0 Å². The van der Waals surface area contributed by atoms with Gasteiger partial charge in [0.1, 0.15) is 24.5 Å². The second kappa shape index (κ2) is 8.33. The Bertz CT molecular complexity index is 824. The van der Waals surface area contributed by atoms with Crippen molar-refractivity contribution in [3.63, 3.8) is 0 Å². The summed E-state index contributed by atoms with van der Waals surface area (Å²) in [6.45, 7) is 5.12. The summed E-state index contributed by atoms with van der Waals surface area (Å²) < 4.78 is 37.4. The molecule has 140 valence electrons. The minimum absolute atomic E-state index is 0.0492. The Morgan fingerprint density at radius 1 is 1.00 bits per heavy atom. The van der Waals surface area contributed by atoms with E-state index in [1.165, 1.54) is 12.1 Å². The van der Waals surface area contributed by atoms with Gasteiger partial charge < -0.3 is 9.47 Å². The number of esters is 1. The molecular formula is C19H23NO5S. The molecule has 0 heterocycles. The second-order valence-corrected chi connectivity index (χ2v) is 8.42. The summed E-state index contributed by atoms with van der Waals surface area (Å²) in [4.78, 5) is 11.7. The molecule has 0 spiro atoms. The molecule has 0 saturated heterocycles. The summed E-state index contributed by atoms with van der Waals surface area (Å²) in [6, 6.07) is 15.7. The van der Waals surface area contributed by atoms with E-state index in [9.17, 15) is 13.2 Å². The number of hydrogen-bond donors (Lipinski definition) is 1. The zero-order valence-electron chi connectivity index (χ0n) is 15.1. The maximum absolute atomic E-state index is 12.2. The van der Waals surface area contributed by atoms with Gasteiger partial charge in [0.2, 0.25) is 10.0 Å². The van der Waals surface area contributed by atoms with Crippen LogP contribution in [0.5, 0.6) is 5.75 Å². The van der Waals surface area contributed by atoms with Crippen LogP contribution in [0.25, 0.3) is 0 Å². The lowest BCUT2D eigenvalue weighted by molar-refractivity contribution is -0.153. The number of rotatable bonds is 7. The first-order valence-electron chi connectivity index (χ1n) is 8.14. The van der Waals surface area contributed by atoms with Crippen molar-refractivity contribution in [2.45, 2.75) is 37.9 Å². The average Bonchev–Trinajstić information content (AvgIpc) is 2.58. The van der Waals surface area contributed by atoms with Gasteiger partial charge in [-0.3, -0.25) is 4.79 Å². The van der Waals surface area contributed by atoms with Crippen molar-refractivity contribution < 1.29 is 22.7 Å². The first-order valence-corrected chi connectivity index (χ1v) is 9.62. The molecule has 0 atom stereocenters. The highest BCUT2D eigenvalue weighted by atomic mass is 32.2. The zero-order chi connectivity index (χ0) is 19.2. The summed E-state index contributed by atoms with van der Waals surface area (Å²) in [5.74, 6) is -0.0798. The summed E-state index contributed by atoms with van der Waals surface area (Å²) in [5.41, 5.74) is 0.350. The fourth-order valence-corrected chi connectivity index (χ4v) is 3.04. The molecule has 2 rings (SSSR count). The van der Waals surface area contributed by atoms with Crippen LogP contribution in [0.3, 0.4) is 0 Å². The first kappa shape index (κ1) is 19.9. The van der Waals surface area contributed by atoms with E-state index in [2.05, 4.69) is 4.72 Å². The van der Waals surface area contributed by atoms with Crippen molar-refractivity contribution in [2.75, 3.05) is 6.54 Å². The van der Waals surface area contributed by atoms with Crippen molar-refractivity contribution >= 4 is 16.0 Å². The smallest absolute Gasteiger partial charge is 0.321 e. The summed E-state index contributed by atoms with van der Waals surface area (Å²) >= 11 is 0. The maximum Gasteiger partial charge on any atom is 0.321 e. The van der Waals surface area contributed by atoms with Gasteiger partial charge in [0.25, 0.3) is 0 Å². The van der Waals surface area contributed by atoms with Crippen LogP contribution in [0.4, 0.5) is 0 Å². The molecule has 0 unspecified atom stereocenters. The van der Waals surface area contributed by atoms with Gasteiger partial charge in [-0.1, -0.05) is 30.3 Å². The Morgan fingerprint density at radius 2 is 1.62 bits per heavy atom. The molecule has 6 nitrogen and oxygen atoms in total. The third-order valence-corrected chi connectivity index (χ3v) is 4.63. The lowest BCUT2D eigenvalue weighted by Crippen LogP contribution is -2.34. The fraction of sp³-hybridized carbons (Fsp3) is 0.316. The van der Waals surface area contributed by atoms with Crippen molar-refractivity contribution in [3.05, 3.63) is 60.2 Å². The molecule has 2 aromatic rings. The Morgan fingerprint density at radius 3 is 2.19 bits per heavy atom. The monoisotopic (exact) mass is 377 g/mol. The molecule has 26 heavy (non-hydrogen) atoms. The summed E-state index contributed by atoms with van der Waals surface area (Å²) in [6.07, 6.45) is 0. The summed E-state index contributed by atoms with van der Waals surface area (Å²) in [5, 5.41) is 0. The van der Waals surface area contributed by atoms with Crippen molar-refractivity contribution in [2.24, 2.45) is 0 Å². The topological polar surface area (TPSA) is 81.7 Å². The molecule has 0 bridgehead atoms. The molecule has 2 aromatic carbocycles. The molecule has 7 heteroatoms. The minimum Gasteiger partial charge on any atom is -0.489 e. The molecule has 0 fully saturated rings. The molecule has 0 aliphatic carbocycles. The fourth-order valence-electron chi connectivity index (χ4n) is 2.07. The Labute approximate surface area is 154 Å². The average molecular weight is 377 g/mol. The normalized spacial score (nSPS) is 11.8. The Hall–Kier alpha value is -2.38. The number of ether oxygens (including phenoxy) is 2. The van der Waals surface area contributed by atoms with E-state index in [1.807, 2.05) is 30.3 Å². The number of carbonyl (C=O) groups is 1. The maximum atomic E-state index is 12.2. The van der Waals surface area contributed by atoms with E-state index in [0.29, 0.717) is 12.4 Å².